The van der Waals surface area contributed by atoms with Crippen LogP contribution < -0.4 is 15.2 Å². The van der Waals surface area contributed by atoms with Crippen LogP contribution in [0.4, 0.5) is 0 Å². The second-order valence-corrected chi connectivity index (χ2v) is 7.01. The number of carbonyl (C=O) groups excluding carboxylic acids is 1. The molecule has 1 fully saturated rings. The summed E-state index contributed by atoms with van der Waals surface area (Å²) >= 11 is 0. The predicted octanol–water partition coefficient (Wildman–Crippen LogP) is 3.59. The highest BCUT2D eigenvalue weighted by Gasteiger charge is 2.26. The minimum Gasteiger partial charge on any atom is -0.490 e. The average molecular weight is 368 g/mol. The largest absolute Gasteiger partial charge is 0.490 e. The van der Waals surface area contributed by atoms with Gasteiger partial charge in [-0.25, -0.2) is 0 Å². The van der Waals surface area contributed by atoms with Crippen LogP contribution in [0.1, 0.15) is 42.5 Å². The molecular formula is C22H28N2O3. The van der Waals surface area contributed by atoms with E-state index in [-0.39, 0.29) is 6.61 Å². The number of carbonyl (C=O) groups is 1. The van der Waals surface area contributed by atoms with Gasteiger partial charge >= 0.3 is 0 Å². The monoisotopic (exact) mass is 368 g/mol. The van der Waals surface area contributed by atoms with Crippen LogP contribution in [0, 0.1) is 6.92 Å². The smallest absolute Gasteiger partial charge is 0.255 e. The fourth-order valence-electron chi connectivity index (χ4n) is 3.69. The molecule has 2 N–H and O–H groups in total. The van der Waals surface area contributed by atoms with Crippen molar-refractivity contribution in [3.05, 3.63) is 59.2 Å². The minimum atomic E-state index is -0.500. The summed E-state index contributed by atoms with van der Waals surface area (Å²) in [6.07, 6.45) is 2.39. The van der Waals surface area contributed by atoms with Crippen molar-refractivity contribution in [2.45, 2.75) is 39.3 Å². The molecule has 1 heterocycles. The highest BCUT2D eigenvalue weighted by Crippen LogP contribution is 2.35. The van der Waals surface area contributed by atoms with Gasteiger partial charge in [-0.3, -0.25) is 9.69 Å². The molecule has 0 aromatic heterocycles. The van der Waals surface area contributed by atoms with E-state index in [1.165, 1.54) is 29.5 Å². The second-order valence-electron chi connectivity index (χ2n) is 7.01. The predicted molar refractivity (Wildman–Crippen MR) is 106 cm³/mol. The molecule has 3 rings (SSSR count). The number of nitrogens with zero attached hydrogens (tertiary/aromatic N) is 1. The zero-order valence-electron chi connectivity index (χ0n) is 16.1. The Balaban J connectivity index is 1.75. The molecule has 144 valence electrons. The maximum atomic E-state index is 11.0. The summed E-state index contributed by atoms with van der Waals surface area (Å²) in [6.45, 7) is 6.39. The summed E-state index contributed by atoms with van der Waals surface area (Å²) in [5.41, 5.74) is 9.03. The van der Waals surface area contributed by atoms with Crippen LogP contribution in [0.25, 0.3) is 0 Å². The van der Waals surface area contributed by atoms with Crippen molar-refractivity contribution in [3.8, 4) is 11.5 Å². The molecular weight excluding hydrogens is 340 g/mol. The lowest BCUT2D eigenvalue weighted by Crippen LogP contribution is -2.23. The summed E-state index contributed by atoms with van der Waals surface area (Å²) < 4.78 is 11.2. The Morgan fingerprint density at radius 2 is 2.04 bits per heavy atom. The Hall–Kier alpha value is -2.53. The third-order valence-electron chi connectivity index (χ3n) is 4.85. The van der Waals surface area contributed by atoms with Crippen LogP contribution >= 0.6 is 0 Å². The Morgan fingerprint density at radius 3 is 2.78 bits per heavy atom. The highest BCUT2D eigenvalue weighted by molar-refractivity contribution is 5.75. The van der Waals surface area contributed by atoms with E-state index in [1.54, 1.807) is 0 Å². The molecule has 1 amide bonds. The Kier molecular flexibility index (Phi) is 6.35. The quantitative estimate of drug-likeness (QED) is 0.773. The molecule has 1 saturated heterocycles. The molecule has 0 aliphatic carbocycles. The van der Waals surface area contributed by atoms with Gasteiger partial charge in [0.05, 0.1) is 6.61 Å². The van der Waals surface area contributed by atoms with Gasteiger partial charge in [0.2, 0.25) is 0 Å². The Bertz CT molecular complexity index is 791. The number of amides is 1. The van der Waals surface area contributed by atoms with Crippen molar-refractivity contribution in [2.75, 3.05) is 19.8 Å². The summed E-state index contributed by atoms with van der Waals surface area (Å²) in [5, 5.41) is 0. The first-order chi connectivity index (χ1) is 13.1. The number of hydrogen-bond acceptors (Lipinski definition) is 4. The van der Waals surface area contributed by atoms with Crippen LogP contribution in [0.2, 0.25) is 0 Å². The summed E-state index contributed by atoms with van der Waals surface area (Å²) in [7, 11) is 0. The van der Waals surface area contributed by atoms with Crippen molar-refractivity contribution in [3.63, 3.8) is 0 Å². The number of benzene rings is 2. The van der Waals surface area contributed by atoms with E-state index in [0.717, 1.165) is 13.1 Å². The number of hydrogen-bond donors (Lipinski definition) is 1. The number of nitrogens with two attached hydrogens (primary N) is 1. The standard InChI is InChI=1S/C22H28N2O3/c1-3-26-21-13-17(9-10-20(21)27-15-22(23)25)14-24-11-5-8-19(24)18-7-4-6-16(2)12-18/h4,6-7,9-10,12-13,19H,3,5,8,11,14-15H2,1-2H3,(H2,23,25). The number of aryl methyl sites for hydroxylation is 1. The maximum Gasteiger partial charge on any atom is 0.255 e. The molecule has 2 aromatic rings. The molecule has 0 spiro atoms. The normalized spacial score (nSPS) is 17.0. The Labute approximate surface area is 161 Å². The molecule has 27 heavy (non-hydrogen) atoms. The first-order valence-electron chi connectivity index (χ1n) is 9.54. The van der Waals surface area contributed by atoms with Gasteiger partial charge in [-0.05, 0) is 56.5 Å². The lowest BCUT2D eigenvalue weighted by atomic mass is 10.0. The van der Waals surface area contributed by atoms with Gasteiger partial charge in [-0.15, -0.1) is 0 Å². The third kappa shape index (κ3) is 5.01. The van der Waals surface area contributed by atoms with Crippen molar-refractivity contribution < 1.29 is 14.3 Å². The van der Waals surface area contributed by atoms with Gasteiger partial charge in [0.1, 0.15) is 0 Å². The van der Waals surface area contributed by atoms with Gasteiger partial charge in [-0.2, -0.15) is 0 Å². The molecule has 5 heteroatoms. The van der Waals surface area contributed by atoms with Crippen LogP contribution in [0.15, 0.2) is 42.5 Å². The van der Waals surface area contributed by atoms with E-state index in [2.05, 4.69) is 36.1 Å². The lowest BCUT2D eigenvalue weighted by molar-refractivity contribution is -0.119. The number of ether oxygens (including phenoxy) is 2. The number of primary amides is 1. The van der Waals surface area contributed by atoms with E-state index >= 15 is 0 Å². The Morgan fingerprint density at radius 1 is 1.19 bits per heavy atom. The fraction of sp³-hybridized carbons (Fsp3) is 0.409. The molecule has 0 saturated carbocycles. The van der Waals surface area contributed by atoms with Crippen molar-refractivity contribution in [1.29, 1.82) is 0 Å². The van der Waals surface area contributed by atoms with Crippen LogP contribution in [0.3, 0.4) is 0 Å². The number of rotatable bonds is 8. The van der Waals surface area contributed by atoms with Gasteiger partial charge in [0, 0.05) is 12.6 Å². The fourth-order valence-corrected chi connectivity index (χ4v) is 3.69. The summed E-state index contributed by atoms with van der Waals surface area (Å²) in [6, 6.07) is 15.1. The molecule has 1 atom stereocenters. The van der Waals surface area contributed by atoms with Crippen molar-refractivity contribution in [2.24, 2.45) is 5.73 Å². The van der Waals surface area contributed by atoms with Gasteiger partial charge in [0.25, 0.3) is 5.91 Å². The van der Waals surface area contributed by atoms with Crippen molar-refractivity contribution in [1.82, 2.24) is 4.90 Å². The lowest BCUT2D eigenvalue weighted by Gasteiger charge is -2.25. The molecule has 2 aromatic carbocycles. The maximum absolute atomic E-state index is 11.0. The SMILES string of the molecule is CCOc1cc(CN2CCCC2c2cccc(C)c2)ccc1OCC(N)=O. The third-order valence-corrected chi connectivity index (χ3v) is 4.85. The molecule has 1 unspecified atom stereocenters. The highest BCUT2D eigenvalue weighted by atomic mass is 16.5. The molecule has 0 bridgehead atoms. The van der Waals surface area contributed by atoms with Gasteiger partial charge in [0.15, 0.2) is 18.1 Å². The average Bonchev–Trinajstić information content (AvgIpc) is 3.09. The van der Waals surface area contributed by atoms with E-state index in [1.807, 2.05) is 25.1 Å². The zero-order chi connectivity index (χ0) is 19.2. The molecule has 0 radical (unpaired) electrons. The van der Waals surface area contributed by atoms with Gasteiger partial charge < -0.3 is 15.2 Å². The van der Waals surface area contributed by atoms with E-state index in [4.69, 9.17) is 15.2 Å². The number of likely N-dealkylation sites (tertiary alicyclic amines) is 1. The van der Waals surface area contributed by atoms with E-state index in [9.17, 15) is 4.79 Å². The van der Waals surface area contributed by atoms with Gasteiger partial charge in [-0.1, -0.05) is 35.9 Å². The van der Waals surface area contributed by atoms with E-state index < -0.39 is 5.91 Å². The molecule has 1 aliphatic rings. The summed E-state index contributed by atoms with van der Waals surface area (Å²) in [4.78, 5) is 13.5. The molecule has 5 nitrogen and oxygen atoms in total. The summed E-state index contributed by atoms with van der Waals surface area (Å²) in [5.74, 6) is 0.707. The van der Waals surface area contributed by atoms with E-state index in [0.29, 0.717) is 24.1 Å². The first-order valence-corrected chi connectivity index (χ1v) is 9.54. The van der Waals surface area contributed by atoms with Crippen molar-refractivity contribution >= 4 is 5.91 Å². The van der Waals surface area contributed by atoms with Crippen LogP contribution in [0.5, 0.6) is 11.5 Å². The zero-order valence-corrected chi connectivity index (χ0v) is 16.1. The first kappa shape index (κ1) is 19.2. The molecule has 1 aliphatic heterocycles. The van der Waals surface area contributed by atoms with Crippen LogP contribution in [-0.2, 0) is 11.3 Å². The minimum absolute atomic E-state index is 0.152. The topological polar surface area (TPSA) is 64.8 Å². The van der Waals surface area contributed by atoms with Crippen LogP contribution in [-0.4, -0.2) is 30.6 Å². The second kappa shape index (κ2) is 8.91.